The summed E-state index contributed by atoms with van der Waals surface area (Å²) >= 11 is 0. The number of ether oxygens (including phenoxy) is 1. The second kappa shape index (κ2) is 2.89. The average molecular weight is 167 g/mol. The van der Waals surface area contributed by atoms with E-state index in [0.717, 1.165) is 5.76 Å². The lowest BCUT2D eigenvalue weighted by atomic mass is 10.2. The number of amides is 1. The van der Waals surface area contributed by atoms with Crippen LogP contribution < -0.4 is 5.32 Å². The predicted molar refractivity (Wildman–Crippen MR) is 40.7 cm³/mol. The number of nitrogens with one attached hydrogen (secondary N) is 1. The molecule has 0 bridgehead atoms. The van der Waals surface area contributed by atoms with Crippen LogP contribution >= 0.6 is 0 Å². The molecule has 0 radical (unpaired) electrons. The maximum atomic E-state index is 10.6. The first-order chi connectivity index (χ1) is 5.84. The molecule has 4 heteroatoms. The molecule has 1 saturated heterocycles. The summed E-state index contributed by atoms with van der Waals surface area (Å²) in [5.41, 5.74) is 0. The second-order valence-corrected chi connectivity index (χ2v) is 2.69. The zero-order chi connectivity index (χ0) is 8.39. The van der Waals surface area contributed by atoms with Crippen molar-refractivity contribution in [1.82, 2.24) is 5.32 Å². The highest BCUT2D eigenvalue weighted by Gasteiger charge is 2.23. The first-order valence-corrected chi connectivity index (χ1v) is 3.81. The number of hydrogen-bond donors (Lipinski definition) is 1. The number of furan rings is 1. The van der Waals surface area contributed by atoms with Crippen molar-refractivity contribution in [2.45, 2.75) is 12.5 Å². The van der Waals surface area contributed by atoms with Crippen LogP contribution in [-0.4, -0.2) is 18.7 Å². The van der Waals surface area contributed by atoms with Crippen molar-refractivity contribution in [2.75, 3.05) is 6.54 Å². The highest BCUT2D eigenvalue weighted by Crippen LogP contribution is 2.09. The number of rotatable bonds is 2. The minimum absolute atomic E-state index is 0.0800. The fourth-order valence-corrected chi connectivity index (χ4v) is 1.20. The molecule has 2 heterocycles. The third kappa shape index (κ3) is 1.42. The maximum absolute atomic E-state index is 10.6. The third-order valence-electron chi connectivity index (χ3n) is 1.76. The number of cyclic esters (lactones) is 1. The van der Waals surface area contributed by atoms with Gasteiger partial charge in [-0.3, -0.25) is 0 Å². The van der Waals surface area contributed by atoms with Crippen LogP contribution in [0.1, 0.15) is 5.76 Å². The lowest BCUT2D eigenvalue weighted by molar-refractivity contribution is 0.137. The van der Waals surface area contributed by atoms with Gasteiger partial charge in [0.15, 0.2) is 0 Å². The van der Waals surface area contributed by atoms with Gasteiger partial charge in [0.2, 0.25) is 0 Å². The van der Waals surface area contributed by atoms with Gasteiger partial charge in [-0.2, -0.15) is 0 Å². The molecule has 64 valence electrons. The van der Waals surface area contributed by atoms with E-state index in [4.69, 9.17) is 9.15 Å². The van der Waals surface area contributed by atoms with E-state index in [1.54, 1.807) is 6.26 Å². The van der Waals surface area contributed by atoms with Crippen LogP contribution in [0.5, 0.6) is 0 Å². The molecule has 0 aromatic carbocycles. The van der Waals surface area contributed by atoms with Gasteiger partial charge in [0, 0.05) is 6.42 Å². The van der Waals surface area contributed by atoms with Crippen molar-refractivity contribution in [3.8, 4) is 0 Å². The third-order valence-corrected chi connectivity index (χ3v) is 1.76. The smallest absolute Gasteiger partial charge is 0.407 e. The largest absolute Gasteiger partial charge is 0.469 e. The van der Waals surface area contributed by atoms with Gasteiger partial charge in [-0.05, 0) is 12.1 Å². The average Bonchev–Trinajstić information content (AvgIpc) is 2.63. The monoisotopic (exact) mass is 167 g/mol. The summed E-state index contributed by atoms with van der Waals surface area (Å²) in [5, 5.41) is 2.58. The molecule has 1 unspecified atom stereocenters. The fourth-order valence-electron chi connectivity index (χ4n) is 1.20. The molecule has 1 aliphatic heterocycles. The molecule has 2 rings (SSSR count). The Labute approximate surface area is 69.5 Å². The van der Waals surface area contributed by atoms with E-state index in [-0.39, 0.29) is 12.2 Å². The van der Waals surface area contributed by atoms with Crippen molar-refractivity contribution in [1.29, 1.82) is 0 Å². The zero-order valence-electron chi connectivity index (χ0n) is 6.45. The van der Waals surface area contributed by atoms with Crippen LogP contribution in [0, 0.1) is 0 Å². The Morgan fingerprint density at radius 1 is 1.67 bits per heavy atom. The van der Waals surface area contributed by atoms with E-state index >= 15 is 0 Å². The van der Waals surface area contributed by atoms with Crippen LogP contribution in [0.3, 0.4) is 0 Å². The van der Waals surface area contributed by atoms with Crippen LogP contribution in [-0.2, 0) is 11.2 Å². The molecule has 4 nitrogen and oxygen atoms in total. The fraction of sp³-hybridized carbons (Fsp3) is 0.375. The molecular weight excluding hydrogens is 158 g/mol. The Kier molecular flexibility index (Phi) is 1.74. The van der Waals surface area contributed by atoms with E-state index in [1.807, 2.05) is 12.1 Å². The number of carbonyl (C=O) groups is 1. The lowest BCUT2D eigenvalue weighted by Crippen LogP contribution is -2.16. The Morgan fingerprint density at radius 3 is 3.17 bits per heavy atom. The SMILES string of the molecule is O=C1NCC(Cc2ccco2)O1. The standard InChI is InChI=1S/C8H9NO3/c10-8-9-5-7(12-8)4-6-2-1-3-11-6/h1-3,7H,4-5H2,(H,9,10). The van der Waals surface area contributed by atoms with E-state index in [0.29, 0.717) is 13.0 Å². The summed E-state index contributed by atoms with van der Waals surface area (Å²) < 4.78 is 10.0. The minimum atomic E-state index is -0.341. The highest BCUT2D eigenvalue weighted by atomic mass is 16.6. The predicted octanol–water partition coefficient (Wildman–Crippen LogP) is 0.931. The van der Waals surface area contributed by atoms with Crippen molar-refractivity contribution < 1.29 is 13.9 Å². The van der Waals surface area contributed by atoms with Crippen molar-refractivity contribution in [3.63, 3.8) is 0 Å². The van der Waals surface area contributed by atoms with Crippen molar-refractivity contribution in [2.24, 2.45) is 0 Å². The molecule has 0 spiro atoms. The van der Waals surface area contributed by atoms with Gasteiger partial charge in [0.1, 0.15) is 11.9 Å². The van der Waals surface area contributed by atoms with Gasteiger partial charge >= 0.3 is 6.09 Å². The van der Waals surface area contributed by atoms with Crippen LogP contribution in [0.2, 0.25) is 0 Å². The Hall–Kier alpha value is -1.45. The maximum Gasteiger partial charge on any atom is 0.407 e. The molecular formula is C8H9NO3. The molecule has 1 aromatic heterocycles. The second-order valence-electron chi connectivity index (χ2n) is 2.69. The van der Waals surface area contributed by atoms with Gasteiger partial charge in [-0.25, -0.2) is 4.79 Å². The molecule has 1 N–H and O–H groups in total. The first-order valence-electron chi connectivity index (χ1n) is 3.81. The molecule has 1 atom stereocenters. The quantitative estimate of drug-likeness (QED) is 0.712. The number of alkyl carbamates (subject to hydrolysis) is 1. The molecule has 0 saturated carbocycles. The van der Waals surface area contributed by atoms with Gasteiger partial charge in [0.05, 0.1) is 12.8 Å². The highest BCUT2D eigenvalue weighted by molar-refractivity contribution is 5.69. The molecule has 1 amide bonds. The Balaban J connectivity index is 1.92. The summed E-state index contributed by atoms with van der Waals surface area (Å²) in [7, 11) is 0. The Morgan fingerprint density at radius 2 is 2.58 bits per heavy atom. The van der Waals surface area contributed by atoms with E-state index in [1.165, 1.54) is 0 Å². The van der Waals surface area contributed by atoms with Gasteiger partial charge in [-0.15, -0.1) is 0 Å². The van der Waals surface area contributed by atoms with Crippen LogP contribution in [0.4, 0.5) is 4.79 Å². The van der Waals surface area contributed by atoms with Crippen molar-refractivity contribution in [3.05, 3.63) is 24.2 Å². The summed E-state index contributed by atoms with van der Waals surface area (Å²) in [6, 6.07) is 3.69. The zero-order valence-corrected chi connectivity index (χ0v) is 6.45. The topological polar surface area (TPSA) is 51.5 Å². The molecule has 0 aliphatic carbocycles. The van der Waals surface area contributed by atoms with Crippen LogP contribution in [0.15, 0.2) is 22.8 Å². The molecule has 1 fully saturated rings. The van der Waals surface area contributed by atoms with Gasteiger partial charge in [-0.1, -0.05) is 0 Å². The van der Waals surface area contributed by atoms with E-state index in [2.05, 4.69) is 5.32 Å². The number of hydrogen-bond acceptors (Lipinski definition) is 3. The summed E-state index contributed by atoms with van der Waals surface area (Å²) in [6.07, 6.45) is 1.83. The number of carbonyl (C=O) groups excluding carboxylic acids is 1. The minimum Gasteiger partial charge on any atom is -0.469 e. The summed E-state index contributed by atoms with van der Waals surface area (Å²) in [5.74, 6) is 0.844. The van der Waals surface area contributed by atoms with Crippen LogP contribution in [0.25, 0.3) is 0 Å². The van der Waals surface area contributed by atoms with E-state index < -0.39 is 0 Å². The van der Waals surface area contributed by atoms with Crippen molar-refractivity contribution >= 4 is 6.09 Å². The lowest BCUT2D eigenvalue weighted by Gasteiger charge is -2.03. The Bertz CT molecular complexity index is 268. The van der Waals surface area contributed by atoms with Gasteiger partial charge < -0.3 is 14.5 Å². The summed E-state index contributed by atoms with van der Waals surface area (Å²) in [4.78, 5) is 10.6. The summed E-state index contributed by atoms with van der Waals surface area (Å²) in [6.45, 7) is 0.569. The first kappa shape index (κ1) is 7.21. The normalized spacial score (nSPS) is 22.0. The van der Waals surface area contributed by atoms with Gasteiger partial charge in [0.25, 0.3) is 0 Å². The van der Waals surface area contributed by atoms with E-state index in [9.17, 15) is 4.79 Å². The molecule has 1 aromatic rings. The molecule has 1 aliphatic rings. The molecule has 12 heavy (non-hydrogen) atoms.